The van der Waals surface area contributed by atoms with E-state index in [9.17, 15) is 0 Å². The van der Waals surface area contributed by atoms with E-state index in [1.54, 1.807) is 17.7 Å². The first-order chi connectivity index (χ1) is 12.2. The van der Waals surface area contributed by atoms with Gasteiger partial charge in [0.1, 0.15) is 12.2 Å². The average Bonchev–Trinajstić information content (AvgIpc) is 3.24. The minimum Gasteiger partial charge on any atom is -0.357 e. The highest BCUT2D eigenvalue weighted by atomic mass is 127. The van der Waals surface area contributed by atoms with E-state index in [2.05, 4.69) is 51.2 Å². The number of nitrogens with one attached hydrogen (secondary N) is 2. The summed E-state index contributed by atoms with van der Waals surface area (Å²) in [5.74, 6) is 2.51. The van der Waals surface area contributed by atoms with Gasteiger partial charge in [-0.25, -0.2) is 9.97 Å². The maximum Gasteiger partial charge on any atom is 0.193 e. The number of aromatic amines is 1. The van der Waals surface area contributed by atoms with Gasteiger partial charge < -0.3 is 10.2 Å². The van der Waals surface area contributed by atoms with E-state index in [0.717, 1.165) is 67.9 Å². The molecule has 0 spiro atoms. The van der Waals surface area contributed by atoms with Crippen molar-refractivity contribution in [2.24, 2.45) is 4.99 Å². The summed E-state index contributed by atoms with van der Waals surface area (Å²) in [4.78, 5) is 17.4. The zero-order valence-electron chi connectivity index (χ0n) is 15.7. The number of aromatic nitrogens is 4. The van der Waals surface area contributed by atoms with Gasteiger partial charge in [0.25, 0.3) is 0 Å². The molecule has 0 radical (unpaired) electrons. The lowest BCUT2D eigenvalue weighted by Crippen LogP contribution is -2.45. The molecule has 7 nitrogen and oxygen atoms in total. The lowest BCUT2D eigenvalue weighted by Gasteiger charge is -2.33. The lowest BCUT2D eigenvalue weighted by molar-refractivity contribution is 0.299. The van der Waals surface area contributed by atoms with Crippen LogP contribution in [0.15, 0.2) is 11.3 Å². The zero-order chi connectivity index (χ0) is 17.6. The van der Waals surface area contributed by atoms with Crippen LogP contribution in [0, 0.1) is 13.8 Å². The summed E-state index contributed by atoms with van der Waals surface area (Å²) in [5.41, 5.74) is 1.15. The Morgan fingerprint density at radius 1 is 1.38 bits per heavy atom. The third-order valence-electron chi connectivity index (χ3n) is 4.55. The van der Waals surface area contributed by atoms with Crippen molar-refractivity contribution in [2.75, 3.05) is 26.2 Å². The number of aryl methyl sites for hydroxylation is 2. The highest BCUT2D eigenvalue weighted by molar-refractivity contribution is 14.0. The van der Waals surface area contributed by atoms with Crippen LogP contribution in [0.3, 0.4) is 0 Å². The second kappa shape index (κ2) is 10.2. The van der Waals surface area contributed by atoms with Crippen LogP contribution in [-0.4, -0.2) is 57.2 Å². The summed E-state index contributed by atoms with van der Waals surface area (Å²) in [5, 5.41) is 11.5. The van der Waals surface area contributed by atoms with Crippen LogP contribution >= 0.6 is 35.3 Å². The van der Waals surface area contributed by atoms with Gasteiger partial charge >= 0.3 is 0 Å². The zero-order valence-corrected chi connectivity index (χ0v) is 18.8. The average molecular weight is 489 g/mol. The minimum absolute atomic E-state index is 0. The molecule has 2 aromatic rings. The van der Waals surface area contributed by atoms with Crippen molar-refractivity contribution in [1.29, 1.82) is 0 Å². The molecule has 0 aromatic carbocycles. The number of thiazole rings is 1. The van der Waals surface area contributed by atoms with E-state index in [1.165, 1.54) is 4.88 Å². The van der Waals surface area contributed by atoms with Gasteiger partial charge in [0.05, 0.1) is 10.7 Å². The molecule has 9 heteroatoms. The smallest absolute Gasteiger partial charge is 0.193 e. The fraction of sp³-hybridized carbons (Fsp3) is 0.647. The normalized spacial score (nSPS) is 15.8. The van der Waals surface area contributed by atoms with Crippen molar-refractivity contribution >= 4 is 41.3 Å². The molecular weight excluding hydrogens is 461 g/mol. The van der Waals surface area contributed by atoms with Gasteiger partial charge in [0, 0.05) is 43.4 Å². The molecule has 1 saturated heterocycles. The van der Waals surface area contributed by atoms with E-state index < -0.39 is 0 Å². The van der Waals surface area contributed by atoms with Crippen molar-refractivity contribution in [3.05, 3.63) is 27.7 Å². The maximum atomic E-state index is 4.85. The van der Waals surface area contributed by atoms with Crippen LogP contribution in [0.4, 0.5) is 0 Å². The Balaban J connectivity index is 0.00000243. The summed E-state index contributed by atoms with van der Waals surface area (Å²) in [6.07, 6.45) is 4.71. The fourth-order valence-corrected chi connectivity index (χ4v) is 4.20. The number of likely N-dealkylation sites (tertiary alicyclic amines) is 1. The van der Waals surface area contributed by atoms with Gasteiger partial charge in [-0.15, -0.1) is 35.3 Å². The maximum absolute atomic E-state index is 4.85. The number of H-pyrrole nitrogens is 1. The van der Waals surface area contributed by atoms with Gasteiger partial charge in [-0.3, -0.25) is 10.1 Å². The molecule has 26 heavy (non-hydrogen) atoms. The van der Waals surface area contributed by atoms with E-state index in [0.29, 0.717) is 5.92 Å². The van der Waals surface area contributed by atoms with Gasteiger partial charge in [0.15, 0.2) is 5.96 Å². The van der Waals surface area contributed by atoms with Crippen LogP contribution in [0.1, 0.15) is 47.1 Å². The Morgan fingerprint density at radius 3 is 2.73 bits per heavy atom. The summed E-state index contributed by atoms with van der Waals surface area (Å²) in [6, 6.07) is 0. The Labute approximate surface area is 176 Å². The van der Waals surface area contributed by atoms with Gasteiger partial charge in [0.2, 0.25) is 0 Å². The molecule has 0 unspecified atom stereocenters. The van der Waals surface area contributed by atoms with E-state index in [1.807, 2.05) is 0 Å². The Bertz CT molecular complexity index is 690. The largest absolute Gasteiger partial charge is 0.357 e. The number of hydrogen-bond donors (Lipinski definition) is 2. The van der Waals surface area contributed by atoms with E-state index >= 15 is 0 Å². The first kappa shape index (κ1) is 21.1. The Morgan fingerprint density at radius 2 is 2.15 bits per heavy atom. The molecule has 0 saturated carbocycles. The Kier molecular flexibility index (Phi) is 8.26. The molecule has 0 amide bonds. The standard InChI is InChI=1S/C17H27N7S.HI/c1-4-18-17(19-8-5-15-12(2)22-13(3)25-15)24-9-6-14(7-10-24)16-20-11-21-23-16;/h11,14H,4-10H2,1-3H3,(H,18,19)(H,20,21,23);1H. The van der Waals surface area contributed by atoms with Crippen LogP contribution in [-0.2, 0) is 6.42 Å². The first-order valence-corrected chi connectivity index (χ1v) is 9.80. The second-order valence-electron chi connectivity index (χ2n) is 6.36. The Hall–Kier alpha value is -1.23. The van der Waals surface area contributed by atoms with Gasteiger partial charge in [-0.05, 0) is 33.6 Å². The van der Waals surface area contributed by atoms with Crippen molar-refractivity contribution < 1.29 is 0 Å². The topological polar surface area (TPSA) is 82.1 Å². The quantitative estimate of drug-likeness (QED) is 0.384. The van der Waals surface area contributed by atoms with E-state index in [-0.39, 0.29) is 24.0 Å². The van der Waals surface area contributed by atoms with Crippen LogP contribution < -0.4 is 5.32 Å². The first-order valence-electron chi connectivity index (χ1n) is 8.98. The molecule has 144 valence electrons. The highest BCUT2D eigenvalue weighted by Crippen LogP contribution is 2.25. The number of halogens is 1. The third kappa shape index (κ3) is 5.38. The summed E-state index contributed by atoms with van der Waals surface area (Å²) >= 11 is 1.78. The van der Waals surface area contributed by atoms with E-state index in [4.69, 9.17) is 4.99 Å². The lowest BCUT2D eigenvalue weighted by atomic mass is 9.96. The summed E-state index contributed by atoms with van der Waals surface area (Å²) in [7, 11) is 0. The number of nitrogens with zero attached hydrogens (tertiary/aromatic N) is 5. The molecule has 2 aromatic heterocycles. The molecule has 2 N–H and O–H groups in total. The number of piperidine rings is 1. The van der Waals surface area contributed by atoms with Crippen molar-refractivity contribution in [2.45, 2.75) is 46.0 Å². The SMILES string of the molecule is CCNC(=NCCc1sc(C)nc1C)N1CCC(c2ncn[nH]2)CC1.I. The molecule has 1 aliphatic rings. The molecule has 1 fully saturated rings. The summed E-state index contributed by atoms with van der Waals surface area (Å²) in [6.45, 7) is 9.95. The van der Waals surface area contributed by atoms with Crippen molar-refractivity contribution in [1.82, 2.24) is 30.4 Å². The molecular formula is C17H28IN7S. The van der Waals surface area contributed by atoms with Crippen molar-refractivity contribution in [3.63, 3.8) is 0 Å². The number of aliphatic imine (C=N–C) groups is 1. The molecule has 3 rings (SSSR count). The van der Waals surface area contributed by atoms with Gasteiger partial charge in [-0.2, -0.15) is 5.10 Å². The van der Waals surface area contributed by atoms with Crippen LogP contribution in [0.2, 0.25) is 0 Å². The van der Waals surface area contributed by atoms with Crippen LogP contribution in [0.5, 0.6) is 0 Å². The predicted molar refractivity (Wildman–Crippen MR) is 117 cm³/mol. The number of guanidine groups is 1. The van der Waals surface area contributed by atoms with Crippen molar-refractivity contribution in [3.8, 4) is 0 Å². The molecule has 0 atom stereocenters. The second-order valence-corrected chi connectivity index (χ2v) is 7.65. The molecule has 1 aliphatic heterocycles. The predicted octanol–water partition coefficient (Wildman–Crippen LogP) is 2.88. The number of rotatable bonds is 5. The molecule has 0 bridgehead atoms. The van der Waals surface area contributed by atoms with Crippen LogP contribution in [0.25, 0.3) is 0 Å². The molecule has 3 heterocycles. The fourth-order valence-electron chi connectivity index (χ4n) is 3.27. The summed E-state index contributed by atoms with van der Waals surface area (Å²) < 4.78 is 0. The molecule has 0 aliphatic carbocycles. The minimum atomic E-state index is 0. The highest BCUT2D eigenvalue weighted by Gasteiger charge is 2.24. The van der Waals surface area contributed by atoms with Gasteiger partial charge in [-0.1, -0.05) is 0 Å². The monoisotopic (exact) mass is 489 g/mol. The third-order valence-corrected chi connectivity index (χ3v) is 5.68. The number of hydrogen-bond acceptors (Lipinski definition) is 5.